The molecule has 5 nitrogen and oxygen atoms in total. The van der Waals surface area contributed by atoms with Gasteiger partial charge in [-0.25, -0.2) is 4.39 Å². The molecule has 6 heteroatoms. The minimum absolute atomic E-state index is 0.0520. The van der Waals surface area contributed by atoms with Crippen molar-refractivity contribution in [3.63, 3.8) is 0 Å². The number of carbonyl (C=O) groups is 2. The quantitative estimate of drug-likeness (QED) is 0.795. The highest BCUT2D eigenvalue weighted by Gasteiger charge is 2.30. The number of halogens is 1. The molecule has 0 bridgehead atoms. The number of rotatable bonds is 5. The summed E-state index contributed by atoms with van der Waals surface area (Å²) in [7, 11) is 1.79. The molecule has 0 N–H and O–H groups in total. The van der Waals surface area contributed by atoms with E-state index in [0.29, 0.717) is 12.5 Å². The summed E-state index contributed by atoms with van der Waals surface area (Å²) in [6.07, 6.45) is 3.91. The molecule has 2 saturated heterocycles. The van der Waals surface area contributed by atoms with Crippen LogP contribution in [-0.4, -0.2) is 66.3 Å². The van der Waals surface area contributed by atoms with Crippen molar-refractivity contribution in [3.05, 3.63) is 35.6 Å². The molecule has 1 aromatic rings. The predicted octanol–water partition coefficient (Wildman–Crippen LogP) is 2.68. The summed E-state index contributed by atoms with van der Waals surface area (Å²) in [6.45, 7) is 5.70. The summed E-state index contributed by atoms with van der Waals surface area (Å²) in [4.78, 5) is 31.0. The first kappa shape index (κ1) is 19.8. The van der Waals surface area contributed by atoms with Crippen LogP contribution >= 0.6 is 0 Å². The van der Waals surface area contributed by atoms with E-state index in [2.05, 4.69) is 4.90 Å². The first-order valence-electron chi connectivity index (χ1n) is 9.98. The zero-order valence-electron chi connectivity index (χ0n) is 16.4. The zero-order chi connectivity index (χ0) is 19.4. The van der Waals surface area contributed by atoms with Gasteiger partial charge in [0.25, 0.3) is 0 Å². The van der Waals surface area contributed by atoms with Crippen molar-refractivity contribution in [2.45, 2.75) is 38.6 Å². The first-order chi connectivity index (χ1) is 13.0. The monoisotopic (exact) mass is 375 g/mol. The van der Waals surface area contributed by atoms with Gasteiger partial charge in [0, 0.05) is 26.1 Å². The third kappa shape index (κ3) is 4.86. The molecular weight excluding hydrogens is 345 g/mol. The molecule has 0 spiro atoms. The molecule has 2 heterocycles. The van der Waals surface area contributed by atoms with Crippen LogP contribution in [0.4, 0.5) is 4.39 Å². The Kier molecular flexibility index (Phi) is 6.47. The number of hydrogen-bond acceptors (Lipinski definition) is 3. The number of nitrogens with zero attached hydrogens (tertiary/aromatic N) is 3. The summed E-state index contributed by atoms with van der Waals surface area (Å²) in [6, 6.07) is 6.18. The standard InChI is InChI=1S/C21H30FN3O2/c1-16(17-5-7-19(22)8-6-17)23(2)20(26)15-24-13-9-18(10-14-24)21(27)25-11-3-4-12-25/h5-8,16,18H,3-4,9-15H2,1-2H3. The summed E-state index contributed by atoms with van der Waals surface area (Å²) >= 11 is 0. The van der Waals surface area contributed by atoms with Crippen LogP contribution in [0.25, 0.3) is 0 Å². The van der Waals surface area contributed by atoms with E-state index in [1.54, 1.807) is 24.1 Å². The van der Waals surface area contributed by atoms with Gasteiger partial charge in [-0.3, -0.25) is 14.5 Å². The van der Waals surface area contributed by atoms with E-state index in [0.717, 1.165) is 57.4 Å². The van der Waals surface area contributed by atoms with E-state index >= 15 is 0 Å². The van der Waals surface area contributed by atoms with E-state index in [-0.39, 0.29) is 23.7 Å². The van der Waals surface area contributed by atoms with Gasteiger partial charge in [-0.05, 0) is 63.4 Å². The lowest BCUT2D eigenvalue weighted by atomic mass is 9.95. The van der Waals surface area contributed by atoms with Gasteiger partial charge in [-0.2, -0.15) is 0 Å². The first-order valence-corrected chi connectivity index (χ1v) is 9.98. The second kappa shape index (κ2) is 8.83. The lowest BCUT2D eigenvalue weighted by Gasteiger charge is -2.34. The van der Waals surface area contributed by atoms with Gasteiger partial charge in [0.05, 0.1) is 12.6 Å². The van der Waals surface area contributed by atoms with Gasteiger partial charge >= 0.3 is 0 Å². The summed E-state index contributed by atoms with van der Waals surface area (Å²) < 4.78 is 13.1. The Morgan fingerprint density at radius 1 is 1.11 bits per heavy atom. The average molecular weight is 375 g/mol. The Morgan fingerprint density at radius 3 is 2.30 bits per heavy atom. The van der Waals surface area contributed by atoms with Crippen molar-refractivity contribution >= 4 is 11.8 Å². The molecule has 2 amide bonds. The molecule has 0 saturated carbocycles. The van der Waals surface area contributed by atoms with Crippen LogP contribution in [0.3, 0.4) is 0 Å². The van der Waals surface area contributed by atoms with E-state index in [4.69, 9.17) is 0 Å². The average Bonchev–Trinajstić information content (AvgIpc) is 3.22. The minimum atomic E-state index is -0.272. The SMILES string of the molecule is CC(c1ccc(F)cc1)N(C)C(=O)CN1CCC(C(=O)N2CCCC2)CC1. The van der Waals surface area contributed by atoms with Gasteiger partial charge in [0.15, 0.2) is 0 Å². The van der Waals surface area contributed by atoms with Gasteiger partial charge < -0.3 is 9.80 Å². The number of piperidine rings is 1. The predicted molar refractivity (Wildman–Crippen MR) is 103 cm³/mol. The summed E-state index contributed by atoms with van der Waals surface area (Å²) in [5.41, 5.74) is 0.919. The van der Waals surface area contributed by atoms with E-state index in [1.165, 1.54) is 12.1 Å². The Labute approximate surface area is 161 Å². The third-order valence-corrected chi connectivity index (χ3v) is 6.04. The van der Waals surface area contributed by atoms with Crippen LogP contribution in [-0.2, 0) is 9.59 Å². The molecule has 1 aromatic carbocycles. The largest absolute Gasteiger partial charge is 0.342 e. The minimum Gasteiger partial charge on any atom is -0.342 e. The number of hydrogen-bond donors (Lipinski definition) is 0. The van der Waals surface area contributed by atoms with E-state index in [1.807, 2.05) is 11.8 Å². The molecule has 1 unspecified atom stereocenters. The molecule has 1 atom stereocenters. The van der Waals surface area contributed by atoms with Crippen LogP contribution in [0, 0.1) is 11.7 Å². The molecule has 148 valence electrons. The van der Waals surface area contributed by atoms with Crippen LogP contribution in [0.2, 0.25) is 0 Å². The topological polar surface area (TPSA) is 43.9 Å². The Hall–Kier alpha value is -1.95. The summed E-state index contributed by atoms with van der Waals surface area (Å²) in [5.74, 6) is 0.202. The number of amides is 2. The van der Waals surface area contributed by atoms with Crippen LogP contribution < -0.4 is 0 Å². The molecule has 2 aliphatic rings. The molecule has 0 aliphatic carbocycles. The second-order valence-electron chi connectivity index (χ2n) is 7.81. The summed E-state index contributed by atoms with van der Waals surface area (Å²) in [5, 5.41) is 0. The van der Waals surface area contributed by atoms with Crippen molar-refractivity contribution in [2.75, 3.05) is 39.8 Å². The Morgan fingerprint density at radius 2 is 1.70 bits per heavy atom. The maximum Gasteiger partial charge on any atom is 0.236 e. The fraction of sp³-hybridized carbons (Fsp3) is 0.619. The lowest BCUT2D eigenvalue weighted by molar-refractivity contribution is -0.136. The van der Waals surface area contributed by atoms with Crippen molar-refractivity contribution in [1.82, 2.24) is 14.7 Å². The van der Waals surface area contributed by atoms with Crippen molar-refractivity contribution in [1.29, 1.82) is 0 Å². The van der Waals surface area contributed by atoms with E-state index < -0.39 is 0 Å². The molecule has 0 aromatic heterocycles. The van der Waals surface area contributed by atoms with Crippen molar-refractivity contribution in [3.8, 4) is 0 Å². The number of carbonyl (C=O) groups excluding carboxylic acids is 2. The molecule has 3 rings (SSSR count). The third-order valence-electron chi connectivity index (χ3n) is 6.04. The molecule has 0 radical (unpaired) electrons. The molecular formula is C21H30FN3O2. The highest BCUT2D eigenvalue weighted by molar-refractivity contribution is 5.80. The van der Waals surface area contributed by atoms with E-state index in [9.17, 15) is 14.0 Å². The zero-order valence-corrected chi connectivity index (χ0v) is 16.4. The second-order valence-corrected chi connectivity index (χ2v) is 7.81. The fourth-order valence-corrected chi connectivity index (χ4v) is 4.02. The number of likely N-dealkylation sites (tertiary alicyclic amines) is 2. The number of benzene rings is 1. The maximum absolute atomic E-state index is 13.1. The van der Waals surface area contributed by atoms with Gasteiger partial charge in [0.2, 0.25) is 11.8 Å². The fourth-order valence-electron chi connectivity index (χ4n) is 4.02. The molecule has 2 aliphatic heterocycles. The van der Waals surface area contributed by atoms with Crippen LogP contribution in [0.5, 0.6) is 0 Å². The molecule has 27 heavy (non-hydrogen) atoms. The van der Waals surface area contributed by atoms with Gasteiger partial charge in [-0.1, -0.05) is 12.1 Å². The lowest BCUT2D eigenvalue weighted by Crippen LogP contribution is -2.45. The Balaban J connectivity index is 1.47. The Bertz CT molecular complexity index is 650. The van der Waals surface area contributed by atoms with Gasteiger partial charge in [0.1, 0.15) is 5.82 Å². The smallest absolute Gasteiger partial charge is 0.236 e. The van der Waals surface area contributed by atoms with Crippen LogP contribution in [0.15, 0.2) is 24.3 Å². The normalized spacial score (nSPS) is 19.9. The highest BCUT2D eigenvalue weighted by atomic mass is 19.1. The van der Waals surface area contributed by atoms with Crippen LogP contribution in [0.1, 0.15) is 44.2 Å². The number of likely N-dealkylation sites (N-methyl/N-ethyl adjacent to an activating group) is 1. The van der Waals surface area contributed by atoms with Crippen molar-refractivity contribution in [2.24, 2.45) is 5.92 Å². The molecule has 2 fully saturated rings. The highest BCUT2D eigenvalue weighted by Crippen LogP contribution is 2.23. The maximum atomic E-state index is 13.1. The van der Waals surface area contributed by atoms with Crippen molar-refractivity contribution < 1.29 is 14.0 Å². The van der Waals surface area contributed by atoms with Gasteiger partial charge in [-0.15, -0.1) is 0 Å².